The summed E-state index contributed by atoms with van der Waals surface area (Å²) >= 11 is 0. The van der Waals surface area contributed by atoms with Crippen molar-refractivity contribution in [3.8, 4) is 11.1 Å². The Morgan fingerprint density at radius 3 is 2.09 bits per heavy atom. The van der Waals surface area contributed by atoms with E-state index < -0.39 is 18.1 Å². The van der Waals surface area contributed by atoms with Crippen LogP contribution in [0.15, 0.2) is 48.5 Å². The molecular formula is C28H36N2O5. The molecule has 0 saturated heterocycles. The maximum Gasteiger partial charge on any atom is 0.407 e. The summed E-state index contributed by atoms with van der Waals surface area (Å²) in [5.74, 6) is -1.00. The van der Waals surface area contributed by atoms with Gasteiger partial charge in [-0.25, -0.2) is 4.79 Å². The van der Waals surface area contributed by atoms with E-state index in [2.05, 4.69) is 55.7 Å². The van der Waals surface area contributed by atoms with Gasteiger partial charge in [0.1, 0.15) is 12.6 Å². The smallest absolute Gasteiger partial charge is 0.407 e. The summed E-state index contributed by atoms with van der Waals surface area (Å²) in [5, 5.41) is 14.4. The van der Waals surface area contributed by atoms with Crippen LogP contribution in [-0.2, 0) is 14.3 Å². The van der Waals surface area contributed by atoms with E-state index in [1.165, 1.54) is 0 Å². The lowest BCUT2D eigenvalue weighted by molar-refractivity contribution is -0.137. The number of carboxylic acid groups (broad SMARTS) is 1. The number of hydrogen-bond acceptors (Lipinski definition) is 4. The molecule has 0 fully saturated rings. The number of benzene rings is 2. The van der Waals surface area contributed by atoms with Gasteiger partial charge in [-0.15, -0.1) is 0 Å². The molecule has 188 valence electrons. The molecule has 7 nitrogen and oxygen atoms in total. The van der Waals surface area contributed by atoms with Crippen molar-refractivity contribution in [2.24, 2.45) is 11.3 Å². The highest BCUT2D eigenvalue weighted by Gasteiger charge is 2.29. The maximum absolute atomic E-state index is 12.5. The lowest BCUT2D eigenvalue weighted by Gasteiger charge is -2.30. The Morgan fingerprint density at radius 2 is 1.54 bits per heavy atom. The zero-order chi connectivity index (χ0) is 25.6. The molecule has 7 heteroatoms. The highest BCUT2D eigenvalue weighted by atomic mass is 16.5. The van der Waals surface area contributed by atoms with Crippen LogP contribution in [0.3, 0.4) is 0 Å². The van der Waals surface area contributed by atoms with Gasteiger partial charge in [-0.3, -0.25) is 9.59 Å². The van der Waals surface area contributed by atoms with Crippen molar-refractivity contribution in [3.05, 3.63) is 59.7 Å². The monoisotopic (exact) mass is 480 g/mol. The number of aliphatic carboxylic acids is 1. The molecule has 2 atom stereocenters. The fourth-order valence-electron chi connectivity index (χ4n) is 4.71. The quantitative estimate of drug-likeness (QED) is 0.446. The summed E-state index contributed by atoms with van der Waals surface area (Å²) in [4.78, 5) is 35.9. The van der Waals surface area contributed by atoms with E-state index in [0.717, 1.165) is 22.3 Å². The van der Waals surface area contributed by atoms with Crippen molar-refractivity contribution >= 4 is 18.0 Å². The third-order valence-electron chi connectivity index (χ3n) is 6.79. The third kappa shape index (κ3) is 6.84. The fourth-order valence-corrected chi connectivity index (χ4v) is 4.71. The Hall–Kier alpha value is -3.35. The summed E-state index contributed by atoms with van der Waals surface area (Å²) in [6, 6.07) is 15.5. The molecule has 0 saturated carbocycles. The van der Waals surface area contributed by atoms with Crippen LogP contribution in [-0.4, -0.2) is 42.3 Å². The highest BCUT2D eigenvalue weighted by Crippen LogP contribution is 2.44. The molecule has 3 N–H and O–H groups in total. The first-order valence-electron chi connectivity index (χ1n) is 12.2. The van der Waals surface area contributed by atoms with Gasteiger partial charge in [0.05, 0.1) is 0 Å². The molecule has 1 aliphatic carbocycles. The van der Waals surface area contributed by atoms with Crippen molar-refractivity contribution in [1.29, 1.82) is 0 Å². The zero-order valence-electron chi connectivity index (χ0n) is 21.0. The topological polar surface area (TPSA) is 105 Å². The van der Waals surface area contributed by atoms with Crippen LogP contribution >= 0.6 is 0 Å². The molecule has 0 bridgehead atoms. The van der Waals surface area contributed by atoms with Gasteiger partial charge in [-0.1, -0.05) is 69.3 Å². The Kier molecular flexibility index (Phi) is 8.54. The highest BCUT2D eigenvalue weighted by molar-refractivity contribution is 5.85. The Labute approximate surface area is 207 Å². The van der Waals surface area contributed by atoms with Crippen LogP contribution in [0.1, 0.15) is 64.0 Å². The third-order valence-corrected chi connectivity index (χ3v) is 6.79. The average molecular weight is 481 g/mol. The minimum Gasteiger partial charge on any atom is -0.481 e. The molecule has 0 aliphatic heterocycles. The van der Waals surface area contributed by atoms with Crippen LogP contribution in [0.5, 0.6) is 0 Å². The number of fused-ring (bicyclic) bond motifs is 3. The normalized spacial score (nSPS) is 14.4. The van der Waals surface area contributed by atoms with Crippen LogP contribution in [0.25, 0.3) is 11.1 Å². The maximum atomic E-state index is 12.5. The van der Waals surface area contributed by atoms with Gasteiger partial charge >= 0.3 is 12.1 Å². The van der Waals surface area contributed by atoms with Gasteiger partial charge in [0.2, 0.25) is 5.91 Å². The first-order valence-corrected chi connectivity index (χ1v) is 12.2. The number of carbonyl (C=O) groups excluding carboxylic acids is 2. The molecule has 0 heterocycles. The Morgan fingerprint density at radius 1 is 0.971 bits per heavy atom. The van der Waals surface area contributed by atoms with Crippen LogP contribution < -0.4 is 10.6 Å². The van der Waals surface area contributed by atoms with E-state index in [9.17, 15) is 14.4 Å². The number of carboxylic acids is 1. The van der Waals surface area contributed by atoms with E-state index in [-0.39, 0.29) is 36.2 Å². The molecular weight excluding hydrogens is 444 g/mol. The number of carbonyl (C=O) groups is 3. The van der Waals surface area contributed by atoms with Crippen molar-refractivity contribution < 1.29 is 24.2 Å². The molecule has 1 unspecified atom stereocenters. The molecule has 3 rings (SSSR count). The lowest BCUT2D eigenvalue weighted by atomic mass is 9.76. The summed E-state index contributed by atoms with van der Waals surface area (Å²) < 4.78 is 5.52. The van der Waals surface area contributed by atoms with Crippen molar-refractivity contribution in [2.75, 3.05) is 13.2 Å². The van der Waals surface area contributed by atoms with E-state index in [4.69, 9.17) is 9.84 Å². The number of alkyl carbamates (subject to hydrolysis) is 1. The van der Waals surface area contributed by atoms with E-state index in [0.29, 0.717) is 19.4 Å². The molecule has 0 spiro atoms. The molecule has 2 aromatic rings. The summed E-state index contributed by atoms with van der Waals surface area (Å²) in [5.41, 5.74) is 4.50. The van der Waals surface area contributed by atoms with Gasteiger partial charge in [-0.2, -0.15) is 0 Å². The fraction of sp³-hybridized carbons (Fsp3) is 0.464. The van der Waals surface area contributed by atoms with Gasteiger partial charge in [0.15, 0.2) is 0 Å². The Balaban J connectivity index is 1.47. The Bertz CT molecular complexity index is 1010. The summed E-state index contributed by atoms with van der Waals surface area (Å²) in [6.07, 6.45) is 0.696. The molecule has 0 aromatic heterocycles. The molecule has 2 amide bonds. The number of nitrogens with one attached hydrogen (secondary N) is 2. The average Bonchev–Trinajstić information content (AvgIpc) is 3.12. The van der Waals surface area contributed by atoms with Crippen LogP contribution in [0, 0.1) is 11.3 Å². The second kappa shape index (κ2) is 11.4. The number of rotatable bonds is 10. The number of hydrogen-bond donors (Lipinski definition) is 3. The van der Waals surface area contributed by atoms with Crippen LogP contribution in [0.4, 0.5) is 4.79 Å². The standard InChI is InChI=1S/C28H36N2O5/c1-18(26(33)29-16-15-19(28(2,3)4)13-14-25(31)32)30-27(34)35-17-24-22-11-7-5-9-20(22)21-10-6-8-12-23(21)24/h5-12,18-19,24H,13-17H2,1-4H3,(H,29,33)(H,30,34)(H,31,32)/t18-,19?/m0/s1. The first-order chi connectivity index (χ1) is 16.6. The van der Waals surface area contributed by atoms with Crippen molar-refractivity contribution in [3.63, 3.8) is 0 Å². The molecule has 0 radical (unpaired) electrons. The molecule has 2 aromatic carbocycles. The number of amides is 2. The van der Waals surface area contributed by atoms with Gasteiger partial charge < -0.3 is 20.5 Å². The minimum absolute atomic E-state index is 0.0441. The second-order valence-corrected chi connectivity index (χ2v) is 10.3. The van der Waals surface area contributed by atoms with E-state index in [1.807, 2.05) is 24.3 Å². The van der Waals surface area contributed by atoms with Crippen molar-refractivity contribution in [2.45, 2.75) is 58.9 Å². The largest absolute Gasteiger partial charge is 0.481 e. The predicted molar refractivity (Wildman–Crippen MR) is 135 cm³/mol. The van der Waals surface area contributed by atoms with Crippen LogP contribution in [0.2, 0.25) is 0 Å². The van der Waals surface area contributed by atoms with E-state index >= 15 is 0 Å². The zero-order valence-corrected chi connectivity index (χ0v) is 21.0. The summed E-state index contributed by atoms with van der Waals surface area (Å²) in [6.45, 7) is 8.43. The second-order valence-electron chi connectivity index (χ2n) is 10.3. The number of ether oxygens (including phenoxy) is 1. The molecule has 35 heavy (non-hydrogen) atoms. The SMILES string of the molecule is C[C@H](NC(=O)OCC1c2ccccc2-c2ccccc21)C(=O)NCCC(CCC(=O)O)C(C)(C)C. The first kappa shape index (κ1) is 26.3. The van der Waals surface area contributed by atoms with Gasteiger partial charge in [0.25, 0.3) is 0 Å². The minimum atomic E-state index is -0.816. The van der Waals surface area contributed by atoms with Crippen molar-refractivity contribution in [1.82, 2.24) is 10.6 Å². The lowest BCUT2D eigenvalue weighted by Crippen LogP contribution is -2.45. The van der Waals surface area contributed by atoms with Gasteiger partial charge in [-0.05, 0) is 53.4 Å². The van der Waals surface area contributed by atoms with Gasteiger partial charge in [0, 0.05) is 18.9 Å². The molecule has 1 aliphatic rings. The summed E-state index contributed by atoms with van der Waals surface area (Å²) in [7, 11) is 0. The predicted octanol–water partition coefficient (Wildman–Crippen LogP) is 4.95. The van der Waals surface area contributed by atoms with E-state index in [1.54, 1.807) is 6.92 Å².